The first kappa shape index (κ1) is 23.2. The molecule has 1 saturated heterocycles. The summed E-state index contributed by atoms with van der Waals surface area (Å²) in [4.78, 5) is 20.3. The molecule has 0 saturated carbocycles. The number of allylic oxidation sites excluding steroid dienone is 1. The predicted molar refractivity (Wildman–Crippen MR) is 140 cm³/mol. The quantitative estimate of drug-likeness (QED) is 0.530. The number of nitrogens with one attached hydrogen (secondary N) is 1. The number of hydrogen-bond donors (Lipinski definition) is 1. The average molecular weight is 462 g/mol. The first-order valence-corrected chi connectivity index (χ1v) is 12.1. The fourth-order valence-electron chi connectivity index (χ4n) is 4.40. The zero-order valence-electron chi connectivity index (χ0n) is 20.2. The third kappa shape index (κ3) is 4.71. The molecular weight excluding hydrogens is 430 g/mol. The number of carbonyl (C=O) groups is 1. The molecule has 2 aliphatic rings. The summed E-state index contributed by atoms with van der Waals surface area (Å²) in [5, 5.41) is 3.46. The molecule has 0 aromatic heterocycles. The molecule has 6 heteroatoms. The topological polar surface area (TPSA) is 53.9 Å². The van der Waals surface area contributed by atoms with Crippen molar-refractivity contribution >= 4 is 45.9 Å². The number of thioether (sulfide) groups is 1. The summed E-state index contributed by atoms with van der Waals surface area (Å²) in [5.41, 5.74) is 6.38. The van der Waals surface area contributed by atoms with Crippen LogP contribution in [-0.4, -0.2) is 30.3 Å². The molecule has 33 heavy (non-hydrogen) atoms. The van der Waals surface area contributed by atoms with E-state index < -0.39 is 0 Å². The normalized spacial score (nSPS) is 19.5. The van der Waals surface area contributed by atoms with Crippen molar-refractivity contribution in [1.82, 2.24) is 5.32 Å². The second-order valence-corrected chi connectivity index (χ2v) is 10.1. The summed E-state index contributed by atoms with van der Waals surface area (Å²) in [7, 11) is 1.68. The van der Waals surface area contributed by atoms with Crippen molar-refractivity contribution in [1.29, 1.82) is 0 Å². The Hall–Kier alpha value is -2.99. The van der Waals surface area contributed by atoms with Gasteiger partial charge in [0.15, 0.2) is 5.17 Å². The Morgan fingerprint density at radius 2 is 1.91 bits per heavy atom. The number of hydrogen-bond acceptors (Lipinski definition) is 5. The van der Waals surface area contributed by atoms with Crippen LogP contribution in [0.25, 0.3) is 11.6 Å². The van der Waals surface area contributed by atoms with E-state index in [0.29, 0.717) is 10.1 Å². The Morgan fingerprint density at radius 1 is 1.18 bits per heavy atom. The molecule has 0 aliphatic carbocycles. The van der Waals surface area contributed by atoms with Crippen LogP contribution in [-0.2, 0) is 4.79 Å². The fourth-order valence-corrected chi connectivity index (χ4v) is 5.23. The summed E-state index contributed by atoms with van der Waals surface area (Å²) in [6.07, 6.45) is 5.27. The van der Waals surface area contributed by atoms with Gasteiger partial charge in [-0.3, -0.25) is 4.79 Å². The van der Waals surface area contributed by atoms with E-state index in [1.54, 1.807) is 7.11 Å². The van der Waals surface area contributed by atoms with Crippen LogP contribution < -0.4 is 15.0 Å². The Labute approximate surface area is 200 Å². The number of aliphatic imine (C=N–C) groups is 1. The number of carbonyl (C=O) groups excluding carboxylic acids is 1. The van der Waals surface area contributed by atoms with E-state index in [0.717, 1.165) is 30.0 Å². The average Bonchev–Trinajstić information content (AvgIpc) is 3.10. The monoisotopic (exact) mass is 461 g/mol. The molecular formula is C27H31N3O2S. The van der Waals surface area contributed by atoms with Gasteiger partial charge in [-0.2, -0.15) is 0 Å². The van der Waals surface area contributed by atoms with Crippen LogP contribution in [0.4, 0.5) is 11.4 Å². The number of ether oxygens (including phenoxy) is 1. The summed E-state index contributed by atoms with van der Waals surface area (Å²) < 4.78 is 5.76. The van der Waals surface area contributed by atoms with Gasteiger partial charge < -0.3 is 15.0 Å². The van der Waals surface area contributed by atoms with Gasteiger partial charge in [-0.25, -0.2) is 4.99 Å². The second kappa shape index (κ2) is 9.10. The molecule has 0 atom stereocenters. The summed E-state index contributed by atoms with van der Waals surface area (Å²) in [6.45, 7) is 11.8. The van der Waals surface area contributed by atoms with Crippen LogP contribution in [0, 0.1) is 6.92 Å². The summed E-state index contributed by atoms with van der Waals surface area (Å²) >= 11 is 1.35. The Kier molecular flexibility index (Phi) is 6.39. The second-order valence-electron chi connectivity index (χ2n) is 9.06. The van der Waals surface area contributed by atoms with Crippen LogP contribution in [0.3, 0.4) is 0 Å². The molecule has 1 fully saturated rings. The molecule has 2 aromatic rings. The Balaban J connectivity index is 1.70. The first-order valence-electron chi connectivity index (χ1n) is 11.3. The van der Waals surface area contributed by atoms with Gasteiger partial charge >= 0.3 is 0 Å². The lowest BCUT2D eigenvalue weighted by Gasteiger charge is -2.43. The van der Waals surface area contributed by atoms with Gasteiger partial charge in [-0.15, -0.1) is 0 Å². The maximum Gasteiger partial charge on any atom is 0.264 e. The number of amides is 1. The number of anilines is 1. The van der Waals surface area contributed by atoms with Gasteiger partial charge in [-0.1, -0.05) is 30.7 Å². The minimum Gasteiger partial charge on any atom is -0.496 e. The van der Waals surface area contributed by atoms with Crippen molar-refractivity contribution in [3.05, 3.63) is 64.1 Å². The zero-order valence-corrected chi connectivity index (χ0v) is 21.0. The van der Waals surface area contributed by atoms with Crippen molar-refractivity contribution < 1.29 is 9.53 Å². The van der Waals surface area contributed by atoms with Crippen LogP contribution in [0.5, 0.6) is 5.75 Å². The van der Waals surface area contributed by atoms with Gasteiger partial charge in [0.25, 0.3) is 5.91 Å². The molecule has 0 radical (unpaired) electrons. The fraction of sp³-hybridized carbons (Fsp3) is 0.333. The number of nitrogens with zero attached hydrogens (tertiary/aromatic N) is 2. The molecule has 2 heterocycles. The Morgan fingerprint density at radius 3 is 2.58 bits per heavy atom. The van der Waals surface area contributed by atoms with E-state index in [1.807, 2.05) is 37.3 Å². The zero-order chi connectivity index (χ0) is 23.8. The van der Waals surface area contributed by atoms with Gasteiger partial charge in [-0.05, 0) is 75.7 Å². The minimum atomic E-state index is -0.147. The molecule has 0 spiro atoms. The molecule has 2 aliphatic heterocycles. The number of benzene rings is 2. The number of amidine groups is 1. The highest BCUT2D eigenvalue weighted by Gasteiger charge is 2.32. The lowest BCUT2D eigenvalue weighted by atomic mass is 9.87. The molecule has 0 bridgehead atoms. The van der Waals surface area contributed by atoms with Crippen LogP contribution >= 0.6 is 11.8 Å². The highest BCUT2D eigenvalue weighted by atomic mass is 32.2. The third-order valence-corrected chi connectivity index (χ3v) is 6.89. The van der Waals surface area contributed by atoms with Crippen molar-refractivity contribution in [2.75, 3.05) is 18.6 Å². The molecule has 172 valence electrons. The van der Waals surface area contributed by atoms with Crippen LogP contribution in [0.15, 0.2) is 52.4 Å². The highest BCUT2D eigenvalue weighted by molar-refractivity contribution is 8.18. The van der Waals surface area contributed by atoms with E-state index in [4.69, 9.17) is 4.74 Å². The van der Waals surface area contributed by atoms with Gasteiger partial charge in [0.05, 0.1) is 23.2 Å². The Bertz CT molecular complexity index is 1180. The third-order valence-electron chi connectivity index (χ3n) is 5.98. The van der Waals surface area contributed by atoms with Crippen molar-refractivity contribution in [2.45, 2.75) is 46.6 Å². The standard InChI is InChI=1S/C27H31N3O2S/c1-7-12-30-22-15-23(32-6)19(13-21(22)18(3)16-27(30,4)5)14-24-25(31)29-26(33-24)28-20-10-8-17(2)9-11-20/h8-11,13-16H,7,12H2,1-6H3,(H,28,29,31)/b24-14+. The van der Waals surface area contributed by atoms with Crippen LogP contribution in [0.1, 0.15) is 50.8 Å². The number of fused-ring (bicyclic) bond motifs is 1. The molecule has 1 amide bonds. The highest BCUT2D eigenvalue weighted by Crippen LogP contribution is 2.43. The molecule has 0 unspecified atom stereocenters. The first-order chi connectivity index (χ1) is 15.7. The van der Waals surface area contributed by atoms with Crippen molar-refractivity contribution in [3.63, 3.8) is 0 Å². The van der Waals surface area contributed by atoms with Crippen LogP contribution in [0.2, 0.25) is 0 Å². The predicted octanol–water partition coefficient (Wildman–Crippen LogP) is 6.31. The largest absolute Gasteiger partial charge is 0.496 e. The van der Waals surface area contributed by atoms with Gasteiger partial charge in [0.1, 0.15) is 5.75 Å². The van der Waals surface area contributed by atoms with E-state index in [2.05, 4.69) is 61.1 Å². The SMILES string of the molecule is CCCN1c2cc(OC)c(/C=C3/SC(=Nc4ccc(C)cc4)NC3=O)cc2C(C)=CC1(C)C. The maximum absolute atomic E-state index is 12.7. The van der Waals surface area contributed by atoms with E-state index in [9.17, 15) is 4.79 Å². The smallest absolute Gasteiger partial charge is 0.264 e. The summed E-state index contributed by atoms with van der Waals surface area (Å²) in [5.74, 6) is 0.608. The number of aryl methyl sites for hydroxylation is 1. The number of methoxy groups -OCH3 is 1. The van der Waals surface area contributed by atoms with Crippen molar-refractivity contribution in [3.8, 4) is 5.75 Å². The van der Waals surface area contributed by atoms with Gasteiger partial charge in [0, 0.05) is 29.4 Å². The molecule has 5 nitrogen and oxygen atoms in total. The summed E-state index contributed by atoms with van der Waals surface area (Å²) in [6, 6.07) is 12.1. The van der Waals surface area contributed by atoms with Crippen molar-refractivity contribution in [2.24, 2.45) is 4.99 Å². The minimum absolute atomic E-state index is 0.0688. The lowest BCUT2D eigenvalue weighted by Crippen LogP contribution is -2.45. The van der Waals surface area contributed by atoms with E-state index in [1.165, 1.54) is 34.1 Å². The number of rotatable bonds is 5. The van der Waals surface area contributed by atoms with E-state index in [-0.39, 0.29) is 11.4 Å². The molecule has 1 N–H and O–H groups in total. The molecule has 4 rings (SSSR count). The maximum atomic E-state index is 12.7. The molecule has 2 aromatic carbocycles. The lowest BCUT2D eigenvalue weighted by molar-refractivity contribution is -0.115. The van der Waals surface area contributed by atoms with E-state index >= 15 is 0 Å². The van der Waals surface area contributed by atoms with Gasteiger partial charge in [0.2, 0.25) is 0 Å².